The van der Waals surface area contributed by atoms with E-state index in [-0.39, 0.29) is 0 Å². The van der Waals surface area contributed by atoms with Gasteiger partial charge in [-0.05, 0) is 18.9 Å². The lowest BCUT2D eigenvalue weighted by molar-refractivity contribution is 0.336. The van der Waals surface area contributed by atoms with Gasteiger partial charge in [0.2, 0.25) is 0 Å². The molecule has 0 aromatic heterocycles. The molecule has 1 aliphatic carbocycles. The second-order valence-corrected chi connectivity index (χ2v) is 3.77. The van der Waals surface area contributed by atoms with Crippen LogP contribution >= 0.6 is 12.6 Å². The van der Waals surface area contributed by atoms with Crippen molar-refractivity contribution in [1.82, 2.24) is 5.32 Å². The molecule has 0 unspecified atom stereocenters. The summed E-state index contributed by atoms with van der Waals surface area (Å²) in [4.78, 5) is 0. The molecule has 0 aromatic rings. The van der Waals surface area contributed by atoms with Crippen LogP contribution in [0.25, 0.3) is 0 Å². The van der Waals surface area contributed by atoms with Crippen LogP contribution in [0.15, 0.2) is 0 Å². The maximum atomic E-state index is 4.11. The van der Waals surface area contributed by atoms with E-state index in [0.717, 1.165) is 18.3 Å². The molecule has 66 valence electrons. The zero-order valence-electron chi connectivity index (χ0n) is 7.18. The third-order valence-corrected chi connectivity index (χ3v) is 2.79. The Kier molecular flexibility index (Phi) is 5.04. The van der Waals surface area contributed by atoms with Gasteiger partial charge in [-0.15, -0.1) is 0 Å². The van der Waals surface area contributed by atoms with Gasteiger partial charge >= 0.3 is 0 Å². The van der Waals surface area contributed by atoms with Gasteiger partial charge in [0.1, 0.15) is 0 Å². The molecular weight excluding hydrogens is 154 g/mol. The Balaban J connectivity index is 1.96. The minimum Gasteiger partial charge on any atom is -0.308 e. The van der Waals surface area contributed by atoms with E-state index in [1.54, 1.807) is 0 Å². The maximum Gasteiger partial charge on any atom is 0.0387 e. The highest BCUT2D eigenvalue weighted by Gasteiger charge is 2.11. The molecule has 0 spiro atoms. The molecule has 0 heterocycles. The van der Waals surface area contributed by atoms with Crippen molar-refractivity contribution in [2.75, 3.05) is 12.4 Å². The molecule has 1 nitrogen and oxygen atoms in total. The molecular formula is C9H19NS. The molecule has 0 amide bonds. The van der Waals surface area contributed by atoms with Gasteiger partial charge in [-0.1, -0.05) is 32.1 Å². The summed E-state index contributed by atoms with van der Waals surface area (Å²) in [5, 5.41) is 3.26. The molecule has 2 heteroatoms. The summed E-state index contributed by atoms with van der Waals surface area (Å²) in [5.41, 5.74) is 0. The molecule has 0 aliphatic heterocycles. The minimum atomic E-state index is 0.826. The maximum absolute atomic E-state index is 4.11. The number of rotatable bonds is 4. The second-order valence-electron chi connectivity index (χ2n) is 3.45. The molecule has 0 bridgehead atoms. The Morgan fingerprint density at radius 3 is 2.55 bits per heavy atom. The van der Waals surface area contributed by atoms with Crippen LogP contribution in [0, 0.1) is 5.92 Å². The van der Waals surface area contributed by atoms with Gasteiger partial charge in [0.15, 0.2) is 0 Å². The average molecular weight is 173 g/mol. The van der Waals surface area contributed by atoms with E-state index in [9.17, 15) is 0 Å². The lowest BCUT2D eigenvalue weighted by atomic mass is 9.87. The van der Waals surface area contributed by atoms with Crippen molar-refractivity contribution in [3.63, 3.8) is 0 Å². The van der Waals surface area contributed by atoms with Crippen molar-refractivity contribution in [3.05, 3.63) is 0 Å². The van der Waals surface area contributed by atoms with E-state index in [0.29, 0.717) is 0 Å². The molecule has 1 saturated carbocycles. The van der Waals surface area contributed by atoms with Crippen molar-refractivity contribution >= 4 is 12.6 Å². The van der Waals surface area contributed by atoms with Crippen LogP contribution in [0.3, 0.4) is 0 Å². The first-order valence-electron chi connectivity index (χ1n) is 4.75. The summed E-state index contributed by atoms with van der Waals surface area (Å²) in [6, 6.07) is 0. The first kappa shape index (κ1) is 9.40. The lowest BCUT2D eigenvalue weighted by Crippen LogP contribution is -2.17. The predicted octanol–water partition coefficient (Wildman–Crippen LogP) is 2.43. The predicted molar refractivity (Wildman–Crippen MR) is 53.0 cm³/mol. The Bertz CT molecular complexity index is 89.6. The highest BCUT2D eigenvalue weighted by atomic mass is 32.1. The van der Waals surface area contributed by atoms with Gasteiger partial charge in [0, 0.05) is 5.88 Å². The summed E-state index contributed by atoms with van der Waals surface area (Å²) >= 11 is 4.11. The summed E-state index contributed by atoms with van der Waals surface area (Å²) < 4.78 is 0. The fourth-order valence-corrected chi connectivity index (χ4v) is 2.02. The van der Waals surface area contributed by atoms with Crippen LogP contribution in [0.5, 0.6) is 0 Å². The summed E-state index contributed by atoms with van der Waals surface area (Å²) in [5.74, 6) is 1.84. The van der Waals surface area contributed by atoms with E-state index in [4.69, 9.17) is 0 Å². The normalized spacial score (nSPS) is 20.5. The van der Waals surface area contributed by atoms with Crippen molar-refractivity contribution in [3.8, 4) is 0 Å². The molecule has 0 radical (unpaired) electrons. The van der Waals surface area contributed by atoms with Crippen LogP contribution in [-0.4, -0.2) is 12.4 Å². The van der Waals surface area contributed by atoms with E-state index < -0.39 is 0 Å². The van der Waals surface area contributed by atoms with E-state index in [1.807, 2.05) is 0 Å². The number of hydrogen-bond donors (Lipinski definition) is 2. The highest BCUT2D eigenvalue weighted by molar-refractivity contribution is 7.80. The summed E-state index contributed by atoms with van der Waals surface area (Å²) in [7, 11) is 0. The average Bonchev–Trinajstić information content (AvgIpc) is 2.07. The van der Waals surface area contributed by atoms with Crippen molar-refractivity contribution in [2.24, 2.45) is 5.92 Å². The van der Waals surface area contributed by atoms with Gasteiger partial charge in [0.25, 0.3) is 0 Å². The second kappa shape index (κ2) is 5.90. The third-order valence-electron chi connectivity index (χ3n) is 2.57. The number of nitrogens with one attached hydrogen (secondary N) is 1. The zero-order valence-corrected chi connectivity index (χ0v) is 8.08. The standard InChI is InChI=1S/C9H19NS/c11-8-10-7-6-9-4-2-1-3-5-9/h9-11H,1-8H2. The quantitative estimate of drug-likeness (QED) is 0.378. The Labute approximate surface area is 75.4 Å². The van der Waals surface area contributed by atoms with Crippen LogP contribution in [0.1, 0.15) is 38.5 Å². The Hall–Kier alpha value is 0.310. The summed E-state index contributed by atoms with van der Waals surface area (Å²) in [6.45, 7) is 1.16. The first-order chi connectivity index (χ1) is 5.43. The van der Waals surface area contributed by atoms with Gasteiger partial charge < -0.3 is 5.32 Å². The largest absolute Gasteiger partial charge is 0.308 e. The van der Waals surface area contributed by atoms with Gasteiger partial charge in [-0.3, -0.25) is 0 Å². The monoisotopic (exact) mass is 173 g/mol. The molecule has 1 fully saturated rings. The van der Waals surface area contributed by atoms with E-state index in [2.05, 4.69) is 17.9 Å². The van der Waals surface area contributed by atoms with Crippen LogP contribution in [0.4, 0.5) is 0 Å². The smallest absolute Gasteiger partial charge is 0.0387 e. The zero-order chi connectivity index (χ0) is 7.94. The minimum absolute atomic E-state index is 0.826. The van der Waals surface area contributed by atoms with Gasteiger partial charge in [0.05, 0.1) is 0 Å². The van der Waals surface area contributed by atoms with Crippen LogP contribution in [-0.2, 0) is 0 Å². The SMILES string of the molecule is SCNCCC1CCCCC1. The van der Waals surface area contributed by atoms with Crippen molar-refractivity contribution < 1.29 is 0 Å². The topological polar surface area (TPSA) is 12.0 Å². The first-order valence-corrected chi connectivity index (χ1v) is 5.38. The van der Waals surface area contributed by atoms with Crippen molar-refractivity contribution in [1.29, 1.82) is 0 Å². The third kappa shape index (κ3) is 4.02. The van der Waals surface area contributed by atoms with Gasteiger partial charge in [-0.25, -0.2) is 0 Å². The molecule has 0 saturated heterocycles. The Morgan fingerprint density at radius 2 is 1.91 bits per heavy atom. The molecule has 0 aromatic carbocycles. The molecule has 0 atom stereocenters. The van der Waals surface area contributed by atoms with Crippen LogP contribution < -0.4 is 5.32 Å². The van der Waals surface area contributed by atoms with Gasteiger partial charge in [-0.2, -0.15) is 12.6 Å². The molecule has 1 aliphatic rings. The number of thiol groups is 1. The highest BCUT2D eigenvalue weighted by Crippen LogP contribution is 2.25. The molecule has 1 rings (SSSR count). The van der Waals surface area contributed by atoms with Crippen molar-refractivity contribution in [2.45, 2.75) is 38.5 Å². The van der Waals surface area contributed by atoms with E-state index in [1.165, 1.54) is 38.5 Å². The molecule has 1 N–H and O–H groups in total. The van der Waals surface area contributed by atoms with Crippen LogP contribution in [0.2, 0.25) is 0 Å². The lowest BCUT2D eigenvalue weighted by Gasteiger charge is -2.21. The number of hydrogen-bond acceptors (Lipinski definition) is 2. The Morgan fingerprint density at radius 1 is 1.18 bits per heavy atom. The fourth-order valence-electron chi connectivity index (χ4n) is 1.86. The molecule has 11 heavy (non-hydrogen) atoms. The summed E-state index contributed by atoms with van der Waals surface area (Å²) in [6.07, 6.45) is 8.69. The fraction of sp³-hybridized carbons (Fsp3) is 1.00. The van der Waals surface area contributed by atoms with E-state index >= 15 is 0 Å².